The average molecular weight is 196 g/mol. The Balaban J connectivity index is 1.76. The van der Waals surface area contributed by atoms with Crippen molar-refractivity contribution in [3.8, 4) is 0 Å². The van der Waals surface area contributed by atoms with Gasteiger partial charge in [-0.05, 0) is 39.2 Å². The Morgan fingerprint density at radius 1 is 1.29 bits per heavy atom. The first-order chi connectivity index (χ1) is 6.75. The summed E-state index contributed by atoms with van der Waals surface area (Å²) < 4.78 is 0. The first-order valence-corrected chi connectivity index (χ1v) is 6.23. The van der Waals surface area contributed by atoms with Crippen molar-refractivity contribution >= 4 is 0 Å². The molecule has 2 heteroatoms. The van der Waals surface area contributed by atoms with Crippen LogP contribution in [0.3, 0.4) is 0 Å². The fraction of sp³-hybridized carbons (Fsp3) is 1.00. The van der Waals surface area contributed by atoms with Gasteiger partial charge in [0.25, 0.3) is 0 Å². The molecule has 2 fully saturated rings. The van der Waals surface area contributed by atoms with Crippen molar-refractivity contribution in [3.63, 3.8) is 0 Å². The lowest BCUT2D eigenvalue weighted by Crippen LogP contribution is -2.36. The Hall–Kier alpha value is -0.0800. The standard InChI is InChI=1S/C12H24N2/c1-10-5-7-14(8-6-13-10)11(2)9-12-3-4-12/h10-13H,3-9H2,1-2H3. The van der Waals surface area contributed by atoms with Crippen molar-refractivity contribution in [1.29, 1.82) is 0 Å². The van der Waals surface area contributed by atoms with Crippen molar-refractivity contribution in [2.75, 3.05) is 19.6 Å². The van der Waals surface area contributed by atoms with Crippen LogP contribution in [0.5, 0.6) is 0 Å². The van der Waals surface area contributed by atoms with E-state index in [-0.39, 0.29) is 0 Å². The van der Waals surface area contributed by atoms with E-state index in [2.05, 4.69) is 24.1 Å². The molecule has 2 unspecified atom stereocenters. The summed E-state index contributed by atoms with van der Waals surface area (Å²) in [6.45, 7) is 8.43. The molecule has 1 heterocycles. The van der Waals surface area contributed by atoms with Crippen molar-refractivity contribution < 1.29 is 0 Å². The maximum atomic E-state index is 3.56. The molecule has 1 N–H and O–H groups in total. The minimum Gasteiger partial charge on any atom is -0.313 e. The van der Waals surface area contributed by atoms with Crippen LogP contribution < -0.4 is 5.32 Å². The Labute approximate surface area is 88.1 Å². The predicted octanol–water partition coefficient (Wildman–Crippen LogP) is 1.86. The highest BCUT2D eigenvalue weighted by Gasteiger charge is 2.26. The predicted molar refractivity (Wildman–Crippen MR) is 60.5 cm³/mol. The molecule has 82 valence electrons. The van der Waals surface area contributed by atoms with E-state index in [4.69, 9.17) is 0 Å². The Kier molecular flexibility index (Phi) is 3.45. The molecule has 0 aromatic carbocycles. The molecule has 2 rings (SSSR count). The lowest BCUT2D eigenvalue weighted by atomic mass is 10.1. The van der Waals surface area contributed by atoms with Crippen LogP contribution in [0.1, 0.15) is 39.5 Å². The second-order valence-corrected chi connectivity index (χ2v) is 5.21. The number of hydrogen-bond acceptors (Lipinski definition) is 2. The van der Waals surface area contributed by atoms with Gasteiger partial charge in [0.2, 0.25) is 0 Å². The smallest absolute Gasteiger partial charge is 0.0110 e. The first kappa shape index (κ1) is 10.4. The zero-order valence-corrected chi connectivity index (χ0v) is 9.63. The molecule has 1 aliphatic heterocycles. The highest BCUT2D eigenvalue weighted by molar-refractivity contribution is 4.81. The summed E-state index contributed by atoms with van der Waals surface area (Å²) in [5, 5.41) is 3.56. The van der Waals surface area contributed by atoms with E-state index < -0.39 is 0 Å². The third kappa shape index (κ3) is 2.96. The highest BCUT2D eigenvalue weighted by Crippen LogP contribution is 2.34. The van der Waals surface area contributed by atoms with Gasteiger partial charge in [-0.15, -0.1) is 0 Å². The van der Waals surface area contributed by atoms with Gasteiger partial charge in [-0.2, -0.15) is 0 Å². The van der Waals surface area contributed by atoms with E-state index in [9.17, 15) is 0 Å². The SMILES string of the molecule is CC1CCN(C(C)CC2CC2)CCN1. The van der Waals surface area contributed by atoms with E-state index in [0.717, 1.165) is 12.0 Å². The fourth-order valence-corrected chi connectivity index (χ4v) is 2.45. The lowest BCUT2D eigenvalue weighted by molar-refractivity contribution is 0.205. The first-order valence-electron chi connectivity index (χ1n) is 6.23. The van der Waals surface area contributed by atoms with Crippen LogP contribution in [0.2, 0.25) is 0 Å². The third-order valence-corrected chi connectivity index (χ3v) is 3.74. The van der Waals surface area contributed by atoms with Crippen molar-refractivity contribution in [2.24, 2.45) is 5.92 Å². The van der Waals surface area contributed by atoms with Crippen LogP contribution in [0.25, 0.3) is 0 Å². The maximum Gasteiger partial charge on any atom is 0.0110 e. The average Bonchev–Trinajstić information content (AvgIpc) is 2.93. The molecule has 0 spiro atoms. The minimum atomic E-state index is 0.716. The van der Waals surface area contributed by atoms with Crippen LogP contribution in [0, 0.1) is 5.92 Å². The second kappa shape index (κ2) is 4.63. The molecule has 0 amide bonds. The Morgan fingerprint density at radius 2 is 2.07 bits per heavy atom. The van der Waals surface area contributed by atoms with Gasteiger partial charge in [-0.25, -0.2) is 0 Å². The summed E-state index contributed by atoms with van der Waals surface area (Å²) in [6.07, 6.45) is 5.74. The molecule has 1 aliphatic carbocycles. The molecule has 0 aromatic rings. The van der Waals surface area contributed by atoms with Crippen LogP contribution in [0.15, 0.2) is 0 Å². The Bertz CT molecular complexity index is 177. The fourth-order valence-electron chi connectivity index (χ4n) is 2.45. The molecule has 14 heavy (non-hydrogen) atoms. The second-order valence-electron chi connectivity index (χ2n) is 5.21. The summed E-state index contributed by atoms with van der Waals surface area (Å²) in [6, 6.07) is 1.53. The highest BCUT2D eigenvalue weighted by atomic mass is 15.2. The van der Waals surface area contributed by atoms with Crippen molar-refractivity contribution in [3.05, 3.63) is 0 Å². The normalized spacial score (nSPS) is 32.6. The van der Waals surface area contributed by atoms with Gasteiger partial charge < -0.3 is 5.32 Å². The van der Waals surface area contributed by atoms with Gasteiger partial charge >= 0.3 is 0 Å². The summed E-state index contributed by atoms with van der Waals surface area (Å²) in [5.74, 6) is 1.07. The summed E-state index contributed by atoms with van der Waals surface area (Å²) in [7, 11) is 0. The third-order valence-electron chi connectivity index (χ3n) is 3.74. The molecule has 1 saturated carbocycles. The van der Waals surface area contributed by atoms with E-state index in [1.54, 1.807) is 0 Å². The Morgan fingerprint density at radius 3 is 2.79 bits per heavy atom. The zero-order chi connectivity index (χ0) is 9.97. The molecule has 2 atom stereocenters. The number of nitrogens with zero attached hydrogens (tertiary/aromatic N) is 1. The quantitative estimate of drug-likeness (QED) is 0.741. The van der Waals surface area contributed by atoms with Gasteiger partial charge in [-0.3, -0.25) is 4.90 Å². The van der Waals surface area contributed by atoms with Gasteiger partial charge in [0.1, 0.15) is 0 Å². The van der Waals surface area contributed by atoms with Gasteiger partial charge in [0, 0.05) is 25.2 Å². The van der Waals surface area contributed by atoms with Crippen molar-refractivity contribution in [1.82, 2.24) is 10.2 Å². The molecule has 0 aromatic heterocycles. The van der Waals surface area contributed by atoms with E-state index in [1.807, 2.05) is 0 Å². The zero-order valence-electron chi connectivity index (χ0n) is 9.63. The number of rotatable bonds is 3. The molecule has 2 nitrogen and oxygen atoms in total. The van der Waals surface area contributed by atoms with Crippen LogP contribution in [-0.4, -0.2) is 36.6 Å². The lowest BCUT2D eigenvalue weighted by Gasteiger charge is -2.27. The van der Waals surface area contributed by atoms with Crippen LogP contribution >= 0.6 is 0 Å². The van der Waals surface area contributed by atoms with E-state index >= 15 is 0 Å². The van der Waals surface area contributed by atoms with Crippen molar-refractivity contribution in [2.45, 2.75) is 51.6 Å². The maximum absolute atomic E-state index is 3.56. The molecule has 1 saturated heterocycles. The van der Waals surface area contributed by atoms with E-state index in [0.29, 0.717) is 6.04 Å². The largest absolute Gasteiger partial charge is 0.313 e. The van der Waals surface area contributed by atoms with Gasteiger partial charge in [0.15, 0.2) is 0 Å². The van der Waals surface area contributed by atoms with Gasteiger partial charge in [-0.1, -0.05) is 12.8 Å². The van der Waals surface area contributed by atoms with E-state index in [1.165, 1.54) is 45.3 Å². The number of nitrogens with one attached hydrogen (secondary N) is 1. The molecule has 2 aliphatic rings. The molecular formula is C12H24N2. The van der Waals surface area contributed by atoms with Crippen LogP contribution in [0.4, 0.5) is 0 Å². The number of hydrogen-bond donors (Lipinski definition) is 1. The van der Waals surface area contributed by atoms with Crippen LogP contribution in [-0.2, 0) is 0 Å². The minimum absolute atomic E-state index is 0.716. The molecular weight excluding hydrogens is 172 g/mol. The molecule has 0 radical (unpaired) electrons. The monoisotopic (exact) mass is 196 g/mol. The van der Waals surface area contributed by atoms with Gasteiger partial charge in [0.05, 0.1) is 0 Å². The molecule has 0 bridgehead atoms. The summed E-state index contributed by atoms with van der Waals surface area (Å²) in [4.78, 5) is 2.68. The summed E-state index contributed by atoms with van der Waals surface area (Å²) in [5.41, 5.74) is 0. The topological polar surface area (TPSA) is 15.3 Å². The summed E-state index contributed by atoms with van der Waals surface area (Å²) >= 11 is 0.